The Hall–Kier alpha value is -1.94. The maximum atomic E-state index is 9.59. The number of pyridine rings is 1. The lowest BCUT2D eigenvalue weighted by molar-refractivity contribution is 0.118. The molecule has 0 amide bonds. The van der Waals surface area contributed by atoms with E-state index in [1.165, 1.54) is 5.56 Å². The predicted octanol–water partition coefficient (Wildman–Crippen LogP) is 2.96. The molecule has 0 saturated heterocycles. The molecule has 2 aliphatic rings. The van der Waals surface area contributed by atoms with E-state index in [1.54, 1.807) is 0 Å². The lowest BCUT2D eigenvalue weighted by atomic mass is 9.87. The van der Waals surface area contributed by atoms with E-state index in [1.807, 2.05) is 24.8 Å². The number of hydrogen-bond donors (Lipinski definition) is 1. The van der Waals surface area contributed by atoms with Crippen molar-refractivity contribution < 1.29 is 5.11 Å². The molecule has 0 aromatic carbocycles. The Morgan fingerprint density at radius 1 is 1.19 bits per heavy atom. The summed E-state index contributed by atoms with van der Waals surface area (Å²) in [5.74, 6) is 0.577. The number of imidazole rings is 1. The normalized spacial score (nSPS) is 27.8. The van der Waals surface area contributed by atoms with Crippen molar-refractivity contribution in [2.45, 2.75) is 37.8 Å². The predicted molar refractivity (Wildman–Crippen MR) is 80.7 cm³/mol. The van der Waals surface area contributed by atoms with Crippen molar-refractivity contribution in [3.05, 3.63) is 48.7 Å². The van der Waals surface area contributed by atoms with Crippen LogP contribution < -0.4 is 0 Å². The number of aromatic nitrogens is 3. The van der Waals surface area contributed by atoms with Crippen LogP contribution in [0.2, 0.25) is 0 Å². The van der Waals surface area contributed by atoms with Gasteiger partial charge in [-0.05, 0) is 43.7 Å². The Bertz CT molecular complexity index is 668. The molecular weight excluding hydrogens is 262 g/mol. The van der Waals surface area contributed by atoms with Crippen molar-refractivity contribution in [2.24, 2.45) is 5.92 Å². The van der Waals surface area contributed by atoms with Crippen LogP contribution >= 0.6 is 0 Å². The fourth-order valence-corrected chi connectivity index (χ4v) is 3.48. The van der Waals surface area contributed by atoms with Gasteiger partial charge in [0.1, 0.15) is 0 Å². The smallest absolute Gasteiger partial charge is 0.0962 e. The van der Waals surface area contributed by atoms with E-state index in [2.05, 4.69) is 32.8 Å². The maximum Gasteiger partial charge on any atom is 0.0962 e. The summed E-state index contributed by atoms with van der Waals surface area (Å²) < 4.78 is 2.19. The Balaban J connectivity index is 1.61. The van der Waals surface area contributed by atoms with Gasteiger partial charge in [0.25, 0.3) is 0 Å². The molecule has 2 aromatic rings. The molecule has 0 radical (unpaired) electrons. The Morgan fingerprint density at radius 2 is 2.05 bits per heavy atom. The van der Waals surface area contributed by atoms with Crippen LogP contribution in [0.4, 0.5) is 0 Å². The molecular formula is C17H19N3O. The highest BCUT2D eigenvalue weighted by Crippen LogP contribution is 2.38. The standard InChI is InChI=1S/C17H19N3O/c21-13-6-3-12(4-7-13)5-8-15-17-14(2-1-9-19-17)16-10-18-11-20(15)16/h1-2,5,8-13,15,21H,3-4,6-7H2/b8-5+/t12?,13?,15-/m0/s1. The van der Waals surface area contributed by atoms with Gasteiger partial charge < -0.3 is 9.67 Å². The van der Waals surface area contributed by atoms with Crippen LogP contribution in [0.5, 0.6) is 0 Å². The Kier molecular flexibility index (Phi) is 3.11. The van der Waals surface area contributed by atoms with Crippen molar-refractivity contribution >= 4 is 0 Å². The molecule has 1 fully saturated rings. The second-order valence-electron chi connectivity index (χ2n) is 6.02. The highest BCUT2D eigenvalue weighted by Gasteiger charge is 2.28. The van der Waals surface area contributed by atoms with E-state index >= 15 is 0 Å². The molecule has 1 aliphatic heterocycles. The summed E-state index contributed by atoms with van der Waals surface area (Å²) in [6, 6.07) is 4.25. The van der Waals surface area contributed by atoms with Crippen LogP contribution in [0, 0.1) is 5.92 Å². The second-order valence-corrected chi connectivity index (χ2v) is 6.02. The first kappa shape index (κ1) is 12.8. The molecule has 2 aromatic heterocycles. The SMILES string of the molecule is OC1CCC(/C=C/[C@H]2c3ncccc3-c3cncn32)CC1. The number of fused-ring (bicyclic) bond motifs is 3. The molecule has 1 N–H and O–H groups in total. The zero-order valence-corrected chi connectivity index (χ0v) is 11.9. The van der Waals surface area contributed by atoms with Gasteiger partial charge in [0.2, 0.25) is 0 Å². The van der Waals surface area contributed by atoms with E-state index in [0.29, 0.717) is 5.92 Å². The largest absolute Gasteiger partial charge is 0.393 e. The summed E-state index contributed by atoms with van der Waals surface area (Å²) in [7, 11) is 0. The van der Waals surface area contributed by atoms with Crippen LogP contribution in [0.15, 0.2) is 43.0 Å². The number of aliphatic hydroxyl groups excluding tert-OH is 1. The molecule has 0 spiro atoms. The van der Waals surface area contributed by atoms with Gasteiger partial charge in [0.15, 0.2) is 0 Å². The fourth-order valence-electron chi connectivity index (χ4n) is 3.48. The van der Waals surface area contributed by atoms with E-state index < -0.39 is 0 Å². The average molecular weight is 281 g/mol. The number of nitrogens with zero attached hydrogens (tertiary/aromatic N) is 3. The van der Waals surface area contributed by atoms with Crippen LogP contribution in [0.1, 0.15) is 37.4 Å². The Morgan fingerprint density at radius 3 is 2.90 bits per heavy atom. The molecule has 1 aliphatic carbocycles. The number of hydrogen-bond acceptors (Lipinski definition) is 3. The van der Waals surface area contributed by atoms with Crippen molar-refractivity contribution in [3.8, 4) is 11.3 Å². The Labute approximate surface area is 124 Å². The molecule has 4 nitrogen and oxygen atoms in total. The molecule has 0 bridgehead atoms. The minimum Gasteiger partial charge on any atom is -0.393 e. The molecule has 4 rings (SSSR count). The van der Waals surface area contributed by atoms with Gasteiger partial charge in [-0.15, -0.1) is 0 Å². The van der Waals surface area contributed by atoms with Gasteiger partial charge in [-0.25, -0.2) is 4.98 Å². The molecule has 0 unspecified atom stereocenters. The summed E-state index contributed by atoms with van der Waals surface area (Å²) in [6.07, 6.45) is 14.1. The average Bonchev–Trinajstić information content (AvgIpc) is 3.08. The number of aliphatic hydroxyl groups is 1. The van der Waals surface area contributed by atoms with Crippen molar-refractivity contribution in [3.63, 3.8) is 0 Å². The van der Waals surface area contributed by atoms with Gasteiger partial charge in [0.05, 0.1) is 36.1 Å². The fraction of sp³-hybridized carbons (Fsp3) is 0.412. The highest BCUT2D eigenvalue weighted by molar-refractivity contribution is 5.67. The van der Waals surface area contributed by atoms with Crippen LogP contribution in [-0.4, -0.2) is 25.7 Å². The van der Waals surface area contributed by atoms with Gasteiger partial charge >= 0.3 is 0 Å². The van der Waals surface area contributed by atoms with Gasteiger partial charge in [-0.3, -0.25) is 4.98 Å². The first-order valence-electron chi connectivity index (χ1n) is 7.66. The zero-order chi connectivity index (χ0) is 14.2. The lowest BCUT2D eigenvalue weighted by Gasteiger charge is -2.23. The summed E-state index contributed by atoms with van der Waals surface area (Å²) in [6.45, 7) is 0. The summed E-state index contributed by atoms with van der Waals surface area (Å²) in [5, 5.41) is 9.59. The second kappa shape index (κ2) is 5.11. The quantitative estimate of drug-likeness (QED) is 0.861. The van der Waals surface area contributed by atoms with Gasteiger partial charge in [-0.1, -0.05) is 12.2 Å². The van der Waals surface area contributed by atoms with E-state index in [-0.39, 0.29) is 12.1 Å². The topological polar surface area (TPSA) is 50.9 Å². The third-order valence-electron chi connectivity index (χ3n) is 4.67. The van der Waals surface area contributed by atoms with Crippen LogP contribution in [0.25, 0.3) is 11.3 Å². The minimum atomic E-state index is -0.0937. The minimum absolute atomic E-state index is 0.0937. The molecule has 4 heteroatoms. The van der Waals surface area contributed by atoms with Crippen molar-refractivity contribution in [1.29, 1.82) is 0 Å². The van der Waals surface area contributed by atoms with Crippen LogP contribution in [-0.2, 0) is 0 Å². The van der Waals surface area contributed by atoms with Crippen LogP contribution in [0.3, 0.4) is 0 Å². The number of rotatable bonds is 2. The molecule has 1 saturated carbocycles. The summed E-state index contributed by atoms with van der Waals surface area (Å²) in [5.41, 5.74) is 3.44. The first-order chi connectivity index (χ1) is 10.3. The molecule has 21 heavy (non-hydrogen) atoms. The van der Waals surface area contributed by atoms with Gasteiger partial charge in [0, 0.05) is 11.8 Å². The molecule has 1 atom stereocenters. The molecule has 3 heterocycles. The third kappa shape index (κ3) is 2.20. The number of allylic oxidation sites excluding steroid dienone is 2. The lowest BCUT2D eigenvalue weighted by Crippen LogP contribution is -2.17. The summed E-state index contributed by atoms with van der Waals surface area (Å²) in [4.78, 5) is 8.83. The monoisotopic (exact) mass is 281 g/mol. The maximum absolute atomic E-state index is 9.59. The third-order valence-corrected chi connectivity index (χ3v) is 4.67. The molecule has 108 valence electrons. The van der Waals surface area contributed by atoms with E-state index in [0.717, 1.165) is 37.1 Å². The van der Waals surface area contributed by atoms with Crippen molar-refractivity contribution in [1.82, 2.24) is 14.5 Å². The first-order valence-corrected chi connectivity index (χ1v) is 7.66. The van der Waals surface area contributed by atoms with E-state index in [9.17, 15) is 5.11 Å². The van der Waals surface area contributed by atoms with E-state index in [4.69, 9.17) is 0 Å². The van der Waals surface area contributed by atoms with Gasteiger partial charge in [-0.2, -0.15) is 0 Å². The van der Waals surface area contributed by atoms with Crippen molar-refractivity contribution in [2.75, 3.05) is 0 Å². The highest BCUT2D eigenvalue weighted by atomic mass is 16.3. The summed E-state index contributed by atoms with van der Waals surface area (Å²) >= 11 is 0. The zero-order valence-electron chi connectivity index (χ0n) is 11.9.